The summed E-state index contributed by atoms with van der Waals surface area (Å²) in [6.45, 7) is 1.76. The van der Waals surface area contributed by atoms with Crippen LogP contribution in [0.3, 0.4) is 0 Å². The number of rotatable bonds is 2. The number of hydrogen-bond donors (Lipinski definition) is 1. The van der Waals surface area contributed by atoms with E-state index in [9.17, 15) is 5.11 Å². The van der Waals surface area contributed by atoms with Crippen LogP contribution in [-0.4, -0.2) is 5.11 Å². The molecule has 0 bridgehead atoms. The van der Waals surface area contributed by atoms with E-state index in [1.54, 1.807) is 42.5 Å². The topological polar surface area (TPSA) is 44.0 Å². The van der Waals surface area contributed by atoms with Gasteiger partial charge in [0.15, 0.2) is 0 Å². The SMILES string of the molecule is CC(O)(c1ccc(C#N)cc1)c1ccsc1. The number of thiophene rings is 1. The molecule has 0 spiro atoms. The molecule has 0 aliphatic heterocycles. The highest BCUT2D eigenvalue weighted by Crippen LogP contribution is 2.30. The zero-order valence-electron chi connectivity index (χ0n) is 8.84. The van der Waals surface area contributed by atoms with Crippen LogP contribution in [0.5, 0.6) is 0 Å². The number of aliphatic hydroxyl groups is 1. The molecule has 1 atom stereocenters. The molecular formula is C13H11NOS. The second-order valence-corrected chi connectivity index (χ2v) is 4.55. The molecule has 3 heteroatoms. The van der Waals surface area contributed by atoms with Crippen molar-refractivity contribution in [2.75, 3.05) is 0 Å². The Morgan fingerprint density at radius 1 is 1.19 bits per heavy atom. The van der Waals surface area contributed by atoms with E-state index in [1.165, 1.54) is 0 Å². The molecule has 1 heterocycles. The fourth-order valence-corrected chi connectivity index (χ4v) is 2.34. The lowest BCUT2D eigenvalue weighted by atomic mass is 9.90. The Balaban J connectivity index is 2.40. The van der Waals surface area contributed by atoms with E-state index in [0.29, 0.717) is 5.56 Å². The van der Waals surface area contributed by atoms with Gasteiger partial charge in [0.25, 0.3) is 0 Å². The van der Waals surface area contributed by atoms with Crippen molar-refractivity contribution in [2.45, 2.75) is 12.5 Å². The summed E-state index contributed by atoms with van der Waals surface area (Å²) < 4.78 is 0. The lowest BCUT2D eigenvalue weighted by molar-refractivity contribution is 0.103. The van der Waals surface area contributed by atoms with Crippen molar-refractivity contribution in [1.82, 2.24) is 0 Å². The highest BCUT2D eigenvalue weighted by Gasteiger charge is 2.25. The molecule has 2 nitrogen and oxygen atoms in total. The van der Waals surface area contributed by atoms with Gasteiger partial charge in [0.1, 0.15) is 5.60 Å². The van der Waals surface area contributed by atoms with Gasteiger partial charge in [-0.1, -0.05) is 12.1 Å². The van der Waals surface area contributed by atoms with Crippen LogP contribution in [0.25, 0.3) is 0 Å². The van der Waals surface area contributed by atoms with Crippen molar-refractivity contribution >= 4 is 11.3 Å². The summed E-state index contributed by atoms with van der Waals surface area (Å²) in [6, 6.07) is 11.0. The van der Waals surface area contributed by atoms with Crippen molar-refractivity contribution in [3.63, 3.8) is 0 Å². The standard InChI is InChI=1S/C13H11NOS/c1-13(15,12-6-7-16-9-12)11-4-2-10(8-14)3-5-11/h2-7,9,15H,1H3. The van der Waals surface area contributed by atoms with Crippen molar-refractivity contribution in [3.8, 4) is 6.07 Å². The normalized spacial score (nSPS) is 14.1. The largest absolute Gasteiger partial charge is 0.381 e. The predicted octanol–water partition coefficient (Wildman–Crippen LogP) is 2.88. The van der Waals surface area contributed by atoms with Crippen molar-refractivity contribution in [1.29, 1.82) is 5.26 Å². The van der Waals surface area contributed by atoms with Gasteiger partial charge in [-0.2, -0.15) is 16.6 Å². The summed E-state index contributed by atoms with van der Waals surface area (Å²) in [5.41, 5.74) is 1.28. The van der Waals surface area contributed by atoms with Gasteiger partial charge in [0.2, 0.25) is 0 Å². The van der Waals surface area contributed by atoms with Gasteiger partial charge in [-0.15, -0.1) is 0 Å². The first-order valence-corrected chi connectivity index (χ1v) is 5.84. The second-order valence-electron chi connectivity index (χ2n) is 3.77. The van der Waals surface area contributed by atoms with E-state index >= 15 is 0 Å². The third-order valence-electron chi connectivity index (χ3n) is 2.66. The van der Waals surface area contributed by atoms with Crippen LogP contribution < -0.4 is 0 Å². The number of benzene rings is 1. The summed E-state index contributed by atoms with van der Waals surface area (Å²) in [5.74, 6) is 0. The van der Waals surface area contributed by atoms with Gasteiger partial charge in [0, 0.05) is 0 Å². The monoisotopic (exact) mass is 229 g/mol. The van der Waals surface area contributed by atoms with Crippen LogP contribution in [0, 0.1) is 11.3 Å². The minimum atomic E-state index is -0.992. The van der Waals surface area contributed by atoms with Gasteiger partial charge in [-0.05, 0) is 47.0 Å². The van der Waals surface area contributed by atoms with Gasteiger partial charge < -0.3 is 5.11 Å². The quantitative estimate of drug-likeness (QED) is 0.860. The minimum absolute atomic E-state index is 0.602. The summed E-state index contributed by atoms with van der Waals surface area (Å²) >= 11 is 1.56. The van der Waals surface area contributed by atoms with E-state index in [-0.39, 0.29) is 0 Å². The van der Waals surface area contributed by atoms with Crippen molar-refractivity contribution in [3.05, 3.63) is 57.8 Å². The maximum atomic E-state index is 10.4. The molecule has 2 rings (SSSR count). The molecule has 0 aliphatic carbocycles. The van der Waals surface area contributed by atoms with Crippen LogP contribution in [0.4, 0.5) is 0 Å². The second kappa shape index (κ2) is 4.09. The first-order valence-electron chi connectivity index (χ1n) is 4.90. The molecule has 0 aliphatic rings. The molecule has 16 heavy (non-hydrogen) atoms. The first kappa shape index (κ1) is 10.9. The van der Waals surface area contributed by atoms with Crippen LogP contribution in [0.2, 0.25) is 0 Å². The lowest BCUT2D eigenvalue weighted by Gasteiger charge is -2.22. The Labute approximate surface area is 98.4 Å². The molecule has 1 unspecified atom stereocenters. The number of hydrogen-bond acceptors (Lipinski definition) is 3. The summed E-state index contributed by atoms with van der Waals surface area (Å²) in [5, 5.41) is 23.0. The zero-order valence-corrected chi connectivity index (χ0v) is 9.66. The molecule has 0 radical (unpaired) electrons. The minimum Gasteiger partial charge on any atom is -0.381 e. The Bertz CT molecular complexity index is 506. The van der Waals surface area contributed by atoms with Gasteiger partial charge in [0.05, 0.1) is 11.6 Å². The number of nitrogens with zero attached hydrogens (tertiary/aromatic N) is 1. The fraction of sp³-hybridized carbons (Fsp3) is 0.154. The Morgan fingerprint density at radius 3 is 2.38 bits per heavy atom. The molecule has 0 saturated heterocycles. The highest BCUT2D eigenvalue weighted by molar-refractivity contribution is 7.08. The smallest absolute Gasteiger partial charge is 0.113 e. The maximum absolute atomic E-state index is 10.4. The third-order valence-corrected chi connectivity index (χ3v) is 3.34. The van der Waals surface area contributed by atoms with E-state index < -0.39 is 5.60 Å². The Kier molecular flexibility index (Phi) is 2.78. The Morgan fingerprint density at radius 2 is 1.88 bits per heavy atom. The maximum Gasteiger partial charge on any atom is 0.113 e. The van der Waals surface area contributed by atoms with Crippen molar-refractivity contribution in [2.24, 2.45) is 0 Å². The molecule has 0 amide bonds. The van der Waals surface area contributed by atoms with Gasteiger partial charge in [-0.25, -0.2) is 0 Å². The molecular weight excluding hydrogens is 218 g/mol. The fourth-order valence-electron chi connectivity index (χ4n) is 1.58. The lowest BCUT2D eigenvalue weighted by Crippen LogP contribution is -2.21. The average molecular weight is 229 g/mol. The molecule has 1 N–H and O–H groups in total. The van der Waals surface area contributed by atoms with E-state index in [0.717, 1.165) is 11.1 Å². The van der Waals surface area contributed by atoms with Crippen LogP contribution in [0.1, 0.15) is 23.6 Å². The van der Waals surface area contributed by atoms with E-state index in [1.807, 2.05) is 16.8 Å². The summed E-state index contributed by atoms with van der Waals surface area (Å²) in [4.78, 5) is 0. The summed E-state index contributed by atoms with van der Waals surface area (Å²) in [6.07, 6.45) is 0. The van der Waals surface area contributed by atoms with E-state index in [2.05, 4.69) is 6.07 Å². The number of nitriles is 1. The third kappa shape index (κ3) is 1.85. The van der Waals surface area contributed by atoms with Crippen LogP contribution in [-0.2, 0) is 5.60 Å². The van der Waals surface area contributed by atoms with Gasteiger partial charge >= 0.3 is 0 Å². The highest BCUT2D eigenvalue weighted by atomic mass is 32.1. The van der Waals surface area contributed by atoms with Crippen molar-refractivity contribution < 1.29 is 5.11 Å². The zero-order chi connectivity index (χ0) is 11.6. The Hall–Kier alpha value is -1.63. The molecule has 80 valence electrons. The predicted molar refractivity (Wildman–Crippen MR) is 64.1 cm³/mol. The van der Waals surface area contributed by atoms with E-state index in [4.69, 9.17) is 5.26 Å². The molecule has 1 aromatic heterocycles. The first-order chi connectivity index (χ1) is 7.64. The average Bonchev–Trinajstić information content (AvgIpc) is 2.83. The molecule has 1 aromatic carbocycles. The molecule has 0 saturated carbocycles. The van der Waals surface area contributed by atoms with Crippen LogP contribution in [0.15, 0.2) is 41.1 Å². The van der Waals surface area contributed by atoms with Gasteiger partial charge in [-0.3, -0.25) is 0 Å². The van der Waals surface area contributed by atoms with Crippen LogP contribution >= 0.6 is 11.3 Å². The summed E-state index contributed by atoms with van der Waals surface area (Å²) in [7, 11) is 0. The molecule has 2 aromatic rings. The molecule has 0 fully saturated rings.